The summed E-state index contributed by atoms with van der Waals surface area (Å²) in [5, 5.41) is 0. The normalized spacial score (nSPS) is 26.6. The molecule has 2 rings (SSSR count). The summed E-state index contributed by atoms with van der Waals surface area (Å²) < 4.78 is 17.3. The number of esters is 1. The van der Waals surface area contributed by atoms with E-state index in [4.69, 9.17) is 14.0 Å². The molecule has 1 heterocycles. The van der Waals surface area contributed by atoms with Gasteiger partial charge >= 0.3 is 13.1 Å². The van der Waals surface area contributed by atoms with Crippen LogP contribution < -0.4 is 0 Å². The highest BCUT2D eigenvalue weighted by Crippen LogP contribution is 2.46. The topological polar surface area (TPSA) is 44.8 Å². The number of rotatable bonds is 4. The first-order chi connectivity index (χ1) is 9.77. The summed E-state index contributed by atoms with van der Waals surface area (Å²) in [7, 11) is 1.14. The van der Waals surface area contributed by atoms with Gasteiger partial charge in [-0.3, -0.25) is 4.79 Å². The summed E-state index contributed by atoms with van der Waals surface area (Å²) in [6, 6.07) is 0. The Kier molecular flexibility index (Phi) is 5.04. The molecule has 1 aliphatic heterocycles. The van der Waals surface area contributed by atoms with Crippen LogP contribution in [-0.2, 0) is 18.8 Å². The molecule has 21 heavy (non-hydrogen) atoms. The molecular formula is C16H29BO4. The van der Waals surface area contributed by atoms with Crippen molar-refractivity contribution in [3.05, 3.63) is 0 Å². The molecule has 120 valence electrons. The van der Waals surface area contributed by atoms with Crippen LogP contribution in [0.25, 0.3) is 0 Å². The molecule has 1 saturated heterocycles. The van der Waals surface area contributed by atoms with Gasteiger partial charge in [0.05, 0.1) is 18.3 Å². The van der Waals surface area contributed by atoms with Crippen molar-refractivity contribution in [2.75, 3.05) is 7.11 Å². The number of carbonyl (C=O) groups is 1. The highest BCUT2D eigenvalue weighted by Gasteiger charge is 2.55. The van der Waals surface area contributed by atoms with Gasteiger partial charge in [0, 0.05) is 12.2 Å². The van der Waals surface area contributed by atoms with Gasteiger partial charge in [-0.1, -0.05) is 32.1 Å². The Morgan fingerprint density at radius 1 is 1.14 bits per heavy atom. The summed E-state index contributed by atoms with van der Waals surface area (Å²) >= 11 is 0. The van der Waals surface area contributed by atoms with Crippen molar-refractivity contribution in [2.45, 2.75) is 83.2 Å². The van der Waals surface area contributed by atoms with Crippen molar-refractivity contribution in [2.24, 2.45) is 5.92 Å². The number of ether oxygens (including phenoxy) is 1. The van der Waals surface area contributed by atoms with E-state index in [9.17, 15) is 4.79 Å². The van der Waals surface area contributed by atoms with Crippen molar-refractivity contribution in [1.82, 2.24) is 0 Å². The quantitative estimate of drug-likeness (QED) is 0.587. The van der Waals surface area contributed by atoms with Crippen molar-refractivity contribution < 1.29 is 18.8 Å². The van der Waals surface area contributed by atoms with E-state index in [1.54, 1.807) is 0 Å². The maximum Gasteiger partial charge on any atom is 0.462 e. The highest BCUT2D eigenvalue weighted by atomic mass is 16.7. The largest absolute Gasteiger partial charge is 0.469 e. The van der Waals surface area contributed by atoms with Crippen LogP contribution in [0.2, 0.25) is 5.82 Å². The molecule has 0 spiro atoms. The molecule has 1 unspecified atom stereocenters. The molecule has 1 atom stereocenters. The fourth-order valence-electron chi connectivity index (χ4n) is 3.39. The molecule has 0 aromatic carbocycles. The van der Waals surface area contributed by atoms with Gasteiger partial charge < -0.3 is 14.0 Å². The zero-order valence-corrected chi connectivity index (χ0v) is 14.1. The van der Waals surface area contributed by atoms with Crippen LogP contribution in [0.4, 0.5) is 0 Å². The van der Waals surface area contributed by atoms with Gasteiger partial charge in [0.15, 0.2) is 0 Å². The molecule has 0 bridgehead atoms. The average Bonchev–Trinajstić information content (AvgIpc) is 2.65. The third kappa shape index (κ3) is 3.62. The minimum Gasteiger partial charge on any atom is -0.469 e. The Bertz CT molecular complexity index is 358. The number of hydrogen-bond acceptors (Lipinski definition) is 4. The Hall–Kier alpha value is -0.545. The summed E-state index contributed by atoms with van der Waals surface area (Å²) in [4.78, 5) is 11.8. The van der Waals surface area contributed by atoms with E-state index in [0.717, 1.165) is 12.8 Å². The Labute approximate surface area is 129 Å². The molecule has 1 aliphatic carbocycles. The Morgan fingerprint density at radius 2 is 1.67 bits per heavy atom. The van der Waals surface area contributed by atoms with Crippen molar-refractivity contribution in [3.63, 3.8) is 0 Å². The number of carbonyl (C=O) groups excluding carboxylic acids is 1. The SMILES string of the molecule is COC(=O)CC(B1OC(C)(C)C(C)(C)O1)C1CCCCC1. The van der Waals surface area contributed by atoms with E-state index in [0.29, 0.717) is 12.3 Å². The van der Waals surface area contributed by atoms with Crippen LogP contribution in [0.1, 0.15) is 66.2 Å². The second-order valence-electron chi connectivity index (χ2n) is 7.47. The third-order valence-electron chi connectivity index (χ3n) is 5.51. The first kappa shape index (κ1) is 16.8. The predicted octanol–water partition coefficient (Wildman–Crippen LogP) is 3.59. The minimum atomic E-state index is -0.347. The van der Waals surface area contributed by atoms with Crippen LogP contribution in [0, 0.1) is 5.92 Å². The molecule has 0 amide bonds. The smallest absolute Gasteiger partial charge is 0.462 e. The predicted molar refractivity (Wildman–Crippen MR) is 83.0 cm³/mol. The van der Waals surface area contributed by atoms with Gasteiger partial charge in [0.25, 0.3) is 0 Å². The first-order valence-corrected chi connectivity index (χ1v) is 8.19. The lowest BCUT2D eigenvalue weighted by atomic mass is 9.60. The fraction of sp³-hybridized carbons (Fsp3) is 0.938. The zero-order chi connectivity index (χ0) is 15.7. The first-order valence-electron chi connectivity index (χ1n) is 8.19. The lowest BCUT2D eigenvalue weighted by Gasteiger charge is -2.32. The Morgan fingerprint density at radius 3 is 2.14 bits per heavy atom. The number of hydrogen-bond donors (Lipinski definition) is 0. The van der Waals surface area contributed by atoms with Gasteiger partial charge in [-0.2, -0.15) is 0 Å². The van der Waals surface area contributed by atoms with E-state index in [1.807, 2.05) is 0 Å². The monoisotopic (exact) mass is 296 g/mol. The second-order valence-corrected chi connectivity index (χ2v) is 7.47. The van der Waals surface area contributed by atoms with Gasteiger partial charge in [-0.05, 0) is 33.6 Å². The summed E-state index contributed by atoms with van der Waals surface area (Å²) in [6.07, 6.45) is 6.48. The third-order valence-corrected chi connectivity index (χ3v) is 5.51. The zero-order valence-electron chi connectivity index (χ0n) is 14.1. The Balaban J connectivity index is 2.13. The van der Waals surface area contributed by atoms with Crippen molar-refractivity contribution >= 4 is 13.1 Å². The molecule has 0 aromatic rings. The number of methoxy groups -OCH3 is 1. The summed E-state index contributed by atoms with van der Waals surface area (Å²) in [6.45, 7) is 8.23. The van der Waals surface area contributed by atoms with E-state index in [1.165, 1.54) is 26.4 Å². The standard InChI is InChI=1S/C16H29BO4/c1-15(2)16(3,4)21-17(20-15)13(11-14(18)19-5)12-9-7-6-8-10-12/h12-13H,6-11H2,1-5H3. The van der Waals surface area contributed by atoms with Gasteiger partial charge in [0.2, 0.25) is 0 Å². The van der Waals surface area contributed by atoms with Gasteiger partial charge in [-0.15, -0.1) is 0 Å². The van der Waals surface area contributed by atoms with Crippen LogP contribution in [0.15, 0.2) is 0 Å². The minimum absolute atomic E-state index is 0.0961. The molecule has 0 N–H and O–H groups in total. The van der Waals surface area contributed by atoms with Crippen LogP contribution in [0.5, 0.6) is 0 Å². The van der Waals surface area contributed by atoms with Crippen LogP contribution in [-0.4, -0.2) is 31.4 Å². The van der Waals surface area contributed by atoms with Crippen molar-refractivity contribution in [3.8, 4) is 0 Å². The molecule has 2 aliphatic rings. The summed E-state index contributed by atoms with van der Waals surface area (Å²) in [5.41, 5.74) is -0.693. The molecule has 5 heteroatoms. The molecule has 4 nitrogen and oxygen atoms in total. The molecular weight excluding hydrogens is 267 g/mol. The maximum atomic E-state index is 11.8. The van der Waals surface area contributed by atoms with Crippen LogP contribution in [0.3, 0.4) is 0 Å². The second kappa shape index (κ2) is 6.29. The molecule has 0 aromatic heterocycles. The van der Waals surface area contributed by atoms with Gasteiger partial charge in [0.1, 0.15) is 0 Å². The van der Waals surface area contributed by atoms with E-state index in [-0.39, 0.29) is 30.1 Å². The van der Waals surface area contributed by atoms with E-state index >= 15 is 0 Å². The molecule has 0 radical (unpaired) electrons. The lowest BCUT2D eigenvalue weighted by molar-refractivity contribution is -0.141. The molecule has 1 saturated carbocycles. The average molecular weight is 296 g/mol. The van der Waals surface area contributed by atoms with Crippen molar-refractivity contribution in [1.29, 1.82) is 0 Å². The lowest BCUT2D eigenvalue weighted by Crippen LogP contribution is -2.41. The maximum absolute atomic E-state index is 11.8. The highest BCUT2D eigenvalue weighted by molar-refractivity contribution is 6.48. The van der Waals surface area contributed by atoms with E-state index < -0.39 is 0 Å². The van der Waals surface area contributed by atoms with Gasteiger partial charge in [-0.25, -0.2) is 0 Å². The molecule has 2 fully saturated rings. The van der Waals surface area contributed by atoms with E-state index in [2.05, 4.69) is 27.7 Å². The summed E-state index contributed by atoms with van der Waals surface area (Å²) in [5.74, 6) is 0.423. The van der Waals surface area contributed by atoms with Crippen LogP contribution >= 0.6 is 0 Å². The fourth-order valence-corrected chi connectivity index (χ4v) is 3.39.